The number of likely N-dealkylation sites (tertiary alicyclic amines) is 1. The molecule has 0 saturated carbocycles. The molecule has 4 aromatic heterocycles. The summed E-state index contributed by atoms with van der Waals surface area (Å²) >= 11 is 0. The van der Waals surface area contributed by atoms with E-state index in [9.17, 15) is 5.26 Å². The molecule has 1 aliphatic rings. The van der Waals surface area contributed by atoms with E-state index in [-0.39, 0.29) is 6.04 Å². The van der Waals surface area contributed by atoms with E-state index < -0.39 is 6.10 Å². The first-order valence-corrected chi connectivity index (χ1v) is 11.4. The van der Waals surface area contributed by atoms with Gasteiger partial charge in [-0.1, -0.05) is 5.21 Å². The summed E-state index contributed by atoms with van der Waals surface area (Å²) in [5.74, 6) is 0.457. The van der Waals surface area contributed by atoms with Crippen LogP contribution in [-0.2, 0) is 0 Å². The Hall–Kier alpha value is -4.51. The molecule has 0 bridgehead atoms. The van der Waals surface area contributed by atoms with Crippen molar-refractivity contribution in [2.75, 3.05) is 13.1 Å². The maximum absolute atomic E-state index is 9.61. The second-order valence-electron chi connectivity index (χ2n) is 8.74. The fraction of sp³-hybridized carbons (Fsp3) is 0.375. The van der Waals surface area contributed by atoms with Crippen molar-refractivity contribution in [3.8, 4) is 29.4 Å². The minimum Gasteiger partial charge on any atom is -0.469 e. The molecular formula is C24H24N10O. The predicted molar refractivity (Wildman–Crippen MR) is 125 cm³/mol. The fourth-order valence-corrected chi connectivity index (χ4v) is 4.47. The zero-order valence-electron chi connectivity index (χ0n) is 19.8. The normalized spacial score (nSPS) is 15.1. The van der Waals surface area contributed by atoms with E-state index in [1.807, 2.05) is 43.7 Å². The van der Waals surface area contributed by atoms with Gasteiger partial charge < -0.3 is 9.64 Å². The summed E-state index contributed by atoms with van der Waals surface area (Å²) in [4.78, 5) is 6.19. The lowest BCUT2D eigenvalue weighted by molar-refractivity contribution is 0.208. The number of fused-ring (bicyclic) bond motifs is 1. The van der Waals surface area contributed by atoms with E-state index in [4.69, 9.17) is 10.00 Å². The van der Waals surface area contributed by atoms with Gasteiger partial charge in [-0.05, 0) is 51.3 Å². The van der Waals surface area contributed by atoms with Crippen LogP contribution in [0, 0.1) is 36.6 Å². The number of aryl methyl sites for hydroxylation is 1. The van der Waals surface area contributed by atoms with Gasteiger partial charge in [-0.15, -0.1) is 5.10 Å². The van der Waals surface area contributed by atoms with Crippen LogP contribution in [0.25, 0.3) is 16.9 Å². The molecule has 0 aliphatic carbocycles. The Balaban J connectivity index is 1.52. The Morgan fingerprint density at radius 3 is 2.60 bits per heavy atom. The van der Waals surface area contributed by atoms with Gasteiger partial charge in [0.2, 0.25) is 5.88 Å². The SMILES string of the molecule is Cc1cnnc(C(C)Oc2cc(-c3nnn(C4CCN(C#N)CC4)c3C)cc3ncc(C#N)n23)c1. The summed E-state index contributed by atoms with van der Waals surface area (Å²) in [6, 6.07) is 8.02. The zero-order valence-corrected chi connectivity index (χ0v) is 19.8. The van der Waals surface area contributed by atoms with Crippen LogP contribution in [0.4, 0.5) is 0 Å². The number of aromatic nitrogens is 7. The molecule has 0 N–H and O–H groups in total. The second-order valence-corrected chi connectivity index (χ2v) is 8.74. The van der Waals surface area contributed by atoms with E-state index in [1.54, 1.807) is 15.5 Å². The molecule has 4 aromatic rings. The summed E-state index contributed by atoms with van der Waals surface area (Å²) in [7, 11) is 0. The summed E-state index contributed by atoms with van der Waals surface area (Å²) in [5, 5.41) is 35.9. The Bertz CT molecular complexity index is 1470. The molecule has 1 unspecified atom stereocenters. The predicted octanol–water partition coefficient (Wildman–Crippen LogP) is 3.13. The highest BCUT2D eigenvalue weighted by Crippen LogP contribution is 2.32. The molecule has 0 aromatic carbocycles. The molecule has 11 nitrogen and oxygen atoms in total. The maximum atomic E-state index is 9.61. The molecule has 11 heteroatoms. The average molecular weight is 469 g/mol. The number of imidazole rings is 1. The van der Waals surface area contributed by atoms with Crippen LogP contribution in [0.3, 0.4) is 0 Å². The lowest BCUT2D eigenvalue weighted by atomic mass is 10.0. The second kappa shape index (κ2) is 9.03. The van der Waals surface area contributed by atoms with E-state index >= 15 is 0 Å². The number of pyridine rings is 1. The van der Waals surface area contributed by atoms with Crippen LogP contribution in [0.5, 0.6) is 5.88 Å². The van der Waals surface area contributed by atoms with Gasteiger partial charge in [0.1, 0.15) is 34.9 Å². The highest BCUT2D eigenvalue weighted by atomic mass is 16.5. The van der Waals surface area contributed by atoms with Crippen LogP contribution in [0.2, 0.25) is 0 Å². The number of piperidine rings is 1. The number of hydrogen-bond donors (Lipinski definition) is 0. The molecule has 1 aliphatic heterocycles. The molecule has 0 radical (unpaired) electrons. The van der Waals surface area contributed by atoms with Gasteiger partial charge in [0.15, 0.2) is 6.19 Å². The van der Waals surface area contributed by atoms with Crippen LogP contribution < -0.4 is 4.74 Å². The Morgan fingerprint density at radius 1 is 1.09 bits per heavy atom. The highest BCUT2D eigenvalue weighted by Gasteiger charge is 2.25. The van der Waals surface area contributed by atoms with E-state index in [2.05, 4.69) is 37.8 Å². The Labute approximate surface area is 202 Å². The van der Waals surface area contributed by atoms with Gasteiger partial charge in [0.25, 0.3) is 0 Å². The van der Waals surface area contributed by atoms with Crippen molar-refractivity contribution in [2.24, 2.45) is 0 Å². The number of hydrogen-bond acceptors (Lipinski definition) is 9. The van der Waals surface area contributed by atoms with Crippen molar-refractivity contribution in [1.29, 1.82) is 10.5 Å². The number of nitrogens with zero attached hydrogens (tertiary/aromatic N) is 10. The van der Waals surface area contributed by atoms with Gasteiger partial charge >= 0.3 is 0 Å². The number of ether oxygens (including phenoxy) is 1. The van der Waals surface area contributed by atoms with Gasteiger partial charge in [0.05, 0.1) is 24.1 Å². The smallest absolute Gasteiger partial charge is 0.201 e. The number of nitriles is 2. The highest BCUT2D eigenvalue weighted by molar-refractivity contribution is 5.68. The van der Waals surface area contributed by atoms with E-state index in [0.717, 1.165) is 35.4 Å². The first-order chi connectivity index (χ1) is 17.0. The van der Waals surface area contributed by atoms with Crippen molar-refractivity contribution >= 4 is 5.65 Å². The molecule has 0 spiro atoms. The minimum absolute atomic E-state index is 0.192. The maximum Gasteiger partial charge on any atom is 0.201 e. The topological polar surface area (TPSA) is 134 Å². The van der Waals surface area contributed by atoms with E-state index in [1.165, 1.54) is 6.20 Å². The Morgan fingerprint density at radius 2 is 1.89 bits per heavy atom. The largest absolute Gasteiger partial charge is 0.469 e. The summed E-state index contributed by atoms with van der Waals surface area (Å²) < 4.78 is 9.93. The molecule has 1 saturated heterocycles. The van der Waals surface area contributed by atoms with Crippen molar-refractivity contribution in [3.63, 3.8) is 0 Å². The lowest BCUT2D eigenvalue weighted by Crippen LogP contribution is -2.31. The van der Waals surface area contributed by atoms with E-state index in [0.29, 0.717) is 36.0 Å². The van der Waals surface area contributed by atoms with Gasteiger partial charge in [-0.2, -0.15) is 20.7 Å². The third-order valence-corrected chi connectivity index (χ3v) is 6.36. The van der Waals surface area contributed by atoms with Crippen molar-refractivity contribution in [3.05, 3.63) is 53.2 Å². The van der Waals surface area contributed by atoms with Crippen LogP contribution in [0.1, 0.15) is 54.6 Å². The van der Waals surface area contributed by atoms with Gasteiger partial charge in [0, 0.05) is 24.7 Å². The molecule has 0 amide bonds. The van der Waals surface area contributed by atoms with Crippen molar-refractivity contribution in [2.45, 2.75) is 45.8 Å². The lowest BCUT2D eigenvalue weighted by Gasteiger charge is -2.28. The van der Waals surface area contributed by atoms with Crippen molar-refractivity contribution in [1.82, 2.24) is 39.5 Å². The number of rotatable bonds is 5. The summed E-state index contributed by atoms with van der Waals surface area (Å²) in [6.45, 7) is 7.26. The third kappa shape index (κ3) is 4.13. The fourth-order valence-electron chi connectivity index (χ4n) is 4.47. The third-order valence-electron chi connectivity index (χ3n) is 6.36. The minimum atomic E-state index is -0.406. The monoisotopic (exact) mass is 468 g/mol. The molecule has 5 heterocycles. The molecule has 176 valence electrons. The molecule has 5 rings (SSSR count). The zero-order chi connectivity index (χ0) is 24.5. The van der Waals surface area contributed by atoms with Crippen LogP contribution >= 0.6 is 0 Å². The summed E-state index contributed by atoms with van der Waals surface area (Å²) in [6.07, 6.45) is 6.70. The first kappa shape index (κ1) is 22.3. The van der Waals surface area contributed by atoms with Crippen LogP contribution in [0.15, 0.2) is 30.6 Å². The standard InChI is InChI=1S/C24H24N10O/c1-15-8-21(29-28-12-15)17(3)35-23-10-18(9-22-27-13-20(11-25)33(22)23)24-16(2)34(31-30-24)19-4-6-32(14-26)7-5-19/h8-10,12-13,17,19H,4-7H2,1-3H3. The van der Waals surface area contributed by atoms with Gasteiger partial charge in [-0.3, -0.25) is 4.40 Å². The van der Waals surface area contributed by atoms with Gasteiger partial charge in [-0.25, -0.2) is 9.67 Å². The van der Waals surface area contributed by atoms with Crippen molar-refractivity contribution < 1.29 is 4.74 Å². The first-order valence-electron chi connectivity index (χ1n) is 11.4. The average Bonchev–Trinajstić information content (AvgIpc) is 3.47. The van der Waals surface area contributed by atoms with Crippen LogP contribution in [-0.4, -0.2) is 52.6 Å². The molecule has 1 atom stereocenters. The quantitative estimate of drug-likeness (QED) is 0.405. The Kier molecular flexibility index (Phi) is 5.75. The molecular weight excluding hydrogens is 444 g/mol. The summed E-state index contributed by atoms with van der Waals surface area (Å²) in [5.41, 5.74) is 5.07. The molecule has 35 heavy (non-hydrogen) atoms. The molecule has 1 fully saturated rings.